The van der Waals surface area contributed by atoms with Crippen LogP contribution < -0.4 is 16.6 Å². The number of aryl methyl sites for hydroxylation is 1. The van der Waals surface area contributed by atoms with E-state index in [4.69, 9.17) is 15.7 Å². The number of hydrogen-bond acceptors (Lipinski definition) is 6. The van der Waals surface area contributed by atoms with E-state index in [-0.39, 0.29) is 0 Å². The van der Waals surface area contributed by atoms with Gasteiger partial charge in [-0.2, -0.15) is 0 Å². The third kappa shape index (κ3) is 3.02. The number of benzene rings is 2. The minimum Gasteiger partial charge on any atom is -0.385 e. The molecule has 3 aromatic rings. The van der Waals surface area contributed by atoms with E-state index in [2.05, 4.69) is 49.0 Å². The van der Waals surface area contributed by atoms with Gasteiger partial charge in [0.2, 0.25) is 0 Å². The molecule has 0 saturated carbocycles. The van der Waals surface area contributed by atoms with E-state index >= 15 is 0 Å². The first-order valence-corrected chi connectivity index (χ1v) is 9.45. The van der Waals surface area contributed by atoms with Gasteiger partial charge in [-0.1, -0.05) is 43.3 Å². The number of para-hydroxylation sites is 1. The molecule has 0 spiro atoms. The van der Waals surface area contributed by atoms with E-state index in [9.17, 15) is 0 Å². The lowest BCUT2D eigenvalue weighted by Crippen LogP contribution is -2.41. The van der Waals surface area contributed by atoms with Gasteiger partial charge in [0.25, 0.3) is 0 Å². The van der Waals surface area contributed by atoms with Crippen LogP contribution in [-0.2, 0) is 12.0 Å². The van der Waals surface area contributed by atoms with E-state index in [1.54, 1.807) is 11.8 Å². The number of hydrogen-bond donors (Lipinski definition) is 3. The molecule has 1 aliphatic rings. The van der Waals surface area contributed by atoms with Crippen LogP contribution in [0.25, 0.3) is 10.9 Å². The van der Waals surface area contributed by atoms with Gasteiger partial charge < -0.3 is 11.2 Å². The third-order valence-corrected chi connectivity index (χ3v) is 5.52. The van der Waals surface area contributed by atoms with Gasteiger partial charge in [-0.15, -0.1) is 0 Å². The Labute approximate surface area is 157 Å². The predicted octanol–water partition coefficient (Wildman–Crippen LogP) is 3.47. The summed E-state index contributed by atoms with van der Waals surface area (Å²) in [5, 5.41) is 1.75. The van der Waals surface area contributed by atoms with E-state index in [0.717, 1.165) is 28.2 Å². The average molecular weight is 363 g/mol. The van der Waals surface area contributed by atoms with Gasteiger partial charge in [-0.25, -0.2) is 15.4 Å². The standard InChI is InChI=1S/C20H21N5S/c1-3-13-8-4-7-11-16(13)26-19-22-15-10-6-5-9-14(15)18(23-19)20(2)12-17(21)24-25-20/h4-12,24-25H,3,21H2,1-2H3. The van der Waals surface area contributed by atoms with Crippen molar-refractivity contribution in [2.75, 3.05) is 0 Å². The summed E-state index contributed by atoms with van der Waals surface area (Å²) in [6, 6.07) is 16.5. The highest BCUT2D eigenvalue weighted by atomic mass is 32.2. The van der Waals surface area contributed by atoms with Crippen molar-refractivity contribution in [3.05, 3.63) is 71.7 Å². The van der Waals surface area contributed by atoms with E-state index in [1.807, 2.05) is 30.3 Å². The van der Waals surface area contributed by atoms with E-state index < -0.39 is 5.54 Å². The SMILES string of the molecule is CCc1ccccc1Sc1nc(C2(C)C=C(N)NN2)c2ccccc2n1. The monoisotopic (exact) mass is 363 g/mol. The van der Waals surface area contributed by atoms with Gasteiger partial charge in [0.1, 0.15) is 5.82 Å². The van der Waals surface area contributed by atoms with Crippen molar-refractivity contribution in [2.24, 2.45) is 5.73 Å². The topological polar surface area (TPSA) is 75.9 Å². The highest BCUT2D eigenvalue weighted by Gasteiger charge is 2.33. The highest BCUT2D eigenvalue weighted by molar-refractivity contribution is 7.99. The van der Waals surface area contributed by atoms with Crippen LogP contribution in [0.2, 0.25) is 0 Å². The first-order chi connectivity index (χ1) is 12.6. The van der Waals surface area contributed by atoms with Crippen molar-refractivity contribution >= 4 is 22.7 Å². The van der Waals surface area contributed by atoms with Crippen LogP contribution in [0.4, 0.5) is 0 Å². The van der Waals surface area contributed by atoms with Crippen molar-refractivity contribution in [1.29, 1.82) is 0 Å². The van der Waals surface area contributed by atoms with Crippen LogP contribution in [0, 0.1) is 0 Å². The van der Waals surface area contributed by atoms with Crippen molar-refractivity contribution in [3.8, 4) is 0 Å². The normalized spacial score (nSPS) is 19.4. The summed E-state index contributed by atoms with van der Waals surface area (Å²) in [6.07, 6.45) is 2.93. The number of nitrogens with zero attached hydrogens (tertiary/aromatic N) is 2. The Balaban J connectivity index is 1.85. The summed E-state index contributed by atoms with van der Waals surface area (Å²) in [4.78, 5) is 10.9. The molecule has 132 valence electrons. The fourth-order valence-corrected chi connectivity index (χ4v) is 4.17. The number of rotatable bonds is 4. The molecule has 0 amide bonds. The fraction of sp³-hybridized carbons (Fsp3) is 0.200. The second-order valence-corrected chi connectivity index (χ2v) is 7.50. The number of fused-ring (bicyclic) bond motifs is 1. The zero-order valence-corrected chi connectivity index (χ0v) is 15.6. The molecule has 6 heteroatoms. The number of nitrogens with one attached hydrogen (secondary N) is 2. The zero-order chi connectivity index (χ0) is 18.1. The molecule has 2 heterocycles. The van der Waals surface area contributed by atoms with Crippen LogP contribution in [-0.4, -0.2) is 9.97 Å². The van der Waals surface area contributed by atoms with Crippen LogP contribution in [0.15, 0.2) is 70.5 Å². The molecule has 1 aromatic heterocycles. The number of hydrazine groups is 1. The molecule has 5 nitrogen and oxygen atoms in total. The first-order valence-electron chi connectivity index (χ1n) is 8.63. The Hall–Kier alpha value is -2.57. The van der Waals surface area contributed by atoms with Crippen molar-refractivity contribution in [3.63, 3.8) is 0 Å². The minimum absolute atomic E-state index is 0.494. The van der Waals surface area contributed by atoms with Gasteiger partial charge in [-0.3, -0.25) is 0 Å². The maximum atomic E-state index is 5.93. The molecular weight excluding hydrogens is 342 g/mol. The van der Waals surface area contributed by atoms with Crippen molar-refractivity contribution in [1.82, 2.24) is 20.8 Å². The van der Waals surface area contributed by atoms with Crippen LogP contribution >= 0.6 is 11.8 Å². The molecule has 0 saturated heterocycles. The largest absolute Gasteiger partial charge is 0.385 e. The molecule has 0 bridgehead atoms. The lowest BCUT2D eigenvalue weighted by atomic mass is 9.95. The van der Waals surface area contributed by atoms with Crippen LogP contribution in [0.3, 0.4) is 0 Å². The Morgan fingerprint density at radius 3 is 2.62 bits per heavy atom. The minimum atomic E-state index is -0.494. The van der Waals surface area contributed by atoms with Gasteiger partial charge in [-0.05, 0) is 48.9 Å². The average Bonchev–Trinajstić information content (AvgIpc) is 3.01. The summed E-state index contributed by atoms with van der Waals surface area (Å²) in [6.45, 7) is 4.22. The van der Waals surface area contributed by atoms with Gasteiger partial charge >= 0.3 is 0 Å². The maximum Gasteiger partial charge on any atom is 0.193 e. The van der Waals surface area contributed by atoms with E-state index in [1.165, 1.54) is 10.5 Å². The van der Waals surface area contributed by atoms with E-state index in [0.29, 0.717) is 5.82 Å². The van der Waals surface area contributed by atoms with Gasteiger partial charge in [0.15, 0.2) is 5.16 Å². The maximum absolute atomic E-state index is 5.93. The smallest absolute Gasteiger partial charge is 0.193 e. The lowest BCUT2D eigenvalue weighted by molar-refractivity contribution is 0.438. The summed E-state index contributed by atoms with van der Waals surface area (Å²) >= 11 is 1.60. The molecule has 0 aliphatic carbocycles. The van der Waals surface area contributed by atoms with Crippen LogP contribution in [0.1, 0.15) is 25.1 Å². The summed E-state index contributed by atoms with van der Waals surface area (Å²) in [5.41, 5.74) is 14.8. The quantitative estimate of drug-likeness (QED) is 0.616. The Kier molecular flexibility index (Phi) is 4.30. The highest BCUT2D eigenvalue weighted by Crippen LogP contribution is 2.34. The molecule has 1 aliphatic heterocycles. The second-order valence-electron chi connectivity index (χ2n) is 6.49. The fourth-order valence-electron chi connectivity index (χ4n) is 3.20. The Morgan fingerprint density at radius 1 is 1.08 bits per heavy atom. The molecule has 1 unspecified atom stereocenters. The predicted molar refractivity (Wildman–Crippen MR) is 105 cm³/mol. The number of nitrogens with two attached hydrogens (primary N) is 1. The lowest BCUT2D eigenvalue weighted by Gasteiger charge is -2.23. The first kappa shape index (κ1) is 16.9. The number of aromatic nitrogens is 2. The summed E-state index contributed by atoms with van der Waals surface area (Å²) < 4.78 is 0. The third-order valence-electron chi connectivity index (χ3n) is 4.54. The molecule has 4 rings (SSSR count). The van der Waals surface area contributed by atoms with Crippen molar-refractivity contribution in [2.45, 2.75) is 35.9 Å². The van der Waals surface area contributed by atoms with Crippen LogP contribution in [0.5, 0.6) is 0 Å². The van der Waals surface area contributed by atoms with Gasteiger partial charge in [0.05, 0.1) is 16.7 Å². The Morgan fingerprint density at radius 2 is 1.85 bits per heavy atom. The summed E-state index contributed by atoms with van der Waals surface area (Å²) in [7, 11) is 0. The molecule has 2 aromatic carbocycles. The molecule has 26 heavy (non-hydrogen) atoms. The molecule has 0 fully saturated rings. The molecule has 1 atom stereocenters. The molecule has 4 N–H and O–H groups in total. The summed E-state index contributed by atoms with van der Waals surface area (Å²) in [5.74, 6) is 0.598. The van der Waals surface area contributed by atoms with Crippen molar-refractivity contribution < 1.29 is 0 Å². The molecular formula is C20H21N5S. The van der Waals surface area contributed by atoms with Gasteiger partial charge in [0, 0.05) is 10.3 Å². The Bertz CT molecular complexity index is 1000. The second kappa shape index (κ2) is 6.63. The zero-order valence-electron chi connectivity index (χ0n) is 14.8. The molecule has 0 radical (unpaired) electrons.